The van der Waals surface area contributed by atoms with Crippen molar-refractivity contribution < 1.29 is 26.9 Å². The minimum Gasteiger partial charge on any atom is -0.616 e. The standard InChI is InChI=1S/C16H19NO2.C5H5.Fe/c1-17(2)11-12-8-9-13(10-12)14-6-4-5-7-15(14)16(18)19-3;1-2-4-5-3-1;/h4-10,18H,11H2,1-3H3;1-5H;/q;-1;+2/p-1/b14-13-,16-15+;;. The van der Waals surface area contributed by atoms with Crippen LogP contribution in [0.3, 0.4) is 0 Å². The Hall–Kier alpha value is -2.13. The molecule has 4 heteroatoms. The molecule has 2 aromatic rings. The van der Waals surface area contributed by atoms with E-state index in [0.29, 0.717) is 5.22 Å². The second-order valence-electron chi connectivity index (χ2n) is 5.75. The van der Waals surface area contributed by atoms with Gasteiger partial charge < -0.3 is 14.7 Å². The maximum absolute atomic E-state index is 11.8. The summed E-state index contributed by atoms with van der Waals surface area (Å²) < 4.78 is 4.82. The summed E-state index contributed by atoms with van der Waals surface area (Å²) in [5, 5.41) is 13.3. The van der Waals surface area contributed by atoms with Crippen LogP contribution in [0.2, 0.25) is 0 Å². The zero-order valence-electron chi connectivity index (χ0n) is 14.8. The van der Waals surface area contributed by atoms with E-state index in [0.717, 1.165) is 17.3 Å². The van der Waals surface area contributed by atoms with Crippen LogP contribution in [0.5, 0.6) is 0 Å². The average molecular weight is 377 g/mol. The first-order valence-electron chi connectivity index (χ1n) is 7.86. The first-order chi connectivity index (χ1) is 11.6. The van der Waals surface area contributed by atoms with Crippen LogP contribution in [-0.2, 0) is 21.8 Å². The van der Waals surface area contributed by atoms with Crippen LogP contribution in [0, 0.1) is 0 Å². The first kappa shape index (κ1) is 20.9. The maximum atomic E-state index is 11.8. The molecule has 0 aliphatic heterocycles. The number of rotatable bonds is 3. The summed E-state index contributed by atoms with van der Waals surface area (Å²) in [7, 11) is 5.48. The molecule has 3 rings (SSSR count). The van der Waals surface area contributed by atoms with Crippen LogP contribution < -0.4 is 15.5 Å². The van der Waals surface area contributed by atoms with Crippen LogP contribution in [0.25, 0.3) is 11.5 Å². The summed E-state index contributed by atoms with van der Waals surface area (Å²) in [6.45, 7) is 0.889. The molecule has 0 atom stereocenters. The predicted molar refractivity (Wildman–Crippen MR) is 97.3 cm³/mol. The van der Waals surface area contributed by atoms with E-state index in [1.165, 1.54) is 12.7 Å². The predicted octanol–water partition coefficient (Wildman–Crippen LogP) is 1.37. The largest absolute Gasteiger partial charge is 2.00 e. The van der Waals surface area contributed by atoms with Gasteiger partial charge in [0.15, 0.2) is 0 Å². The molecule has 2 aromatic carbocycles. The van der Waals surface area contributed by atoms with E-state index in [9.17, 15) is 5.11 Å². The summed E-state index contributed by atoms with van der Waals surface area (Å²) in [6, 6.07) is 17.5. The van der Waals surface area contributed by atoms with Crippen LogP contribution in [0.4, 0.5) is 0 Å². The number of allylic oxidation sites excluding steroid dienone is 2. The van der Waals surface area contributed by atoms with Gasteiger partial charge in [-0.05, 0) is 43.6 Å². The van der Waals surface area contributed by atoms with Crippen LogP contribution in [-0.4, -0.2) is 32.6 Å². The Morgan fingerprint density at radius 1 is 1.08 bits per heavy atom. The quantitative estimate of drug-likeness (QED) is 0.599. The molecule has 1 aliphatic rings. The Balaban J connectivity index is 0.000000448. The van der Waals surface area contributed by atoms with E-state index in [4.69, 9.17) is 4.74 Å². The van der Waals surface area contributed by atoms with Gasteiger partial charge in [-0.3, -0.25) is 0 Å². The number of hydrogen-bond donors (Lipinski definition) is 0. The van der Waals surface area contributed by atoms with Gasteiger partial charge in [0.05, 0.1) is 5.95 Å². The van der Waals surface area contributed by atoms with Crippen molar-refractivity contribution in [2.45, 2.75) is 0 Å². The van der Waals surface area contributed by atoms with Crippen molar-refractivity contribution in [3.8, 4) is 0 Å². The number of benzene rings is 1. The zero-order valence-corrected chi connectivity index (χ0v) is 15.9. The van der Waals surface area contributed by atoms with Crippen LogP contribution >= 0.6 is 0 Å². The minimum atomic E-state index is -0.300. The number of likely N-dealkylation sites (N-methyl/N-ethyl adjacent to an activating group) is 1. The summed E-state index contributed by atoms with van der Waals surface area (Å²) in [6.07, 6.45) is 6.24. The summed E-state index contributed by atoms with van der Waals surface area (Å²) in [4.78, 5) is 2.12. The third-order valence-corrected chi connectivity index (χ3v) is 3.52. The second-order valence-corrected chi connectivity index (χ2v) is 5.75. The van der Waals surface area contributed by atoms with Gasteiger partial charge >= 0.3 is 17.1 Å². The Kier molecular flexibility index (Phi) is 8.93. The maximum Gasteiger partial charge on any atom is 2.00 e. The van der Waals surface area contributed by atoms with Crippen LogP contribution in [0.1, 0.15) is 0 Å². The van der Waals surface area contributed by atoms with Gasteiger partial charge in [0, 0.05) is 11.8 Å². The van der Waals surface area contributed by atoms with Crippen molar-refractivity contribution in [1.29, 1.82) is 0 Å². The van der Waals surface area contributed by atoms with E-state index >= 15 is 0 Å². The molecule has 1 aliphatic carbocycles. The molecule has 0 aromatic heterocycles. The van der Waals surface area contributed by atoms with Gasteiger partial charge in [-0.15, -0.1) is 0 Å². The number of hydrogen-bond acceptors (Lipinski definition) is 3. The normalized spacial score (nSPS) is 15.8. The molecule has 3 nitrogen and oxygen atoms in total. The Labute approximate surface area is 160 Å². The topological polar surface area (TPSA) is 35.5 Å². The van der Waals surface area contributed by atoms with Crippen molar-refractivity contribution in [2.24, 2.45) is 0 Å². The molecule has 0 N–H and O–H groups in total. The second kappa shape index (κ2) is 10.7. The molecule has 0 fully saturated rings. The molecule has 0 radical (unpaired) electrons. The summed E-state index contributed by atoms with van der Waals surface area (Å²) in [5.41, 5.74) is 2.29. The van der Waals surface area contributed by atoms with E-state index in [1.54, 1.807) is 6.07 Å². The third kappa shape index (κ3) is 6.35. The fraction of sp³-hybridized carbons (Fsp3) is 0.190. The fourth-order valence-corrected chi connectivity index (χ4v) is 2.47. The molecule has 0 unspecified atom stereocenters. The van der Waals surface area contributed by atoms with Gasteiger partial charge in [-0.2, -0.15) is 18.2 Å². The third-order valence-electron chi connectivity index (χ3n) is 3.52. The zero-order chi connectivity index (χ0) is 17.4. The van der Waals surface area contributed by atoms with E-state index in [1.807, 2.05) is 68.7 Å². The van der Waals surface area contributed by atoms with Gasteiger partial charge in [0.1, 0.15) is 0 Å². The van der Waals surface area contributed by atoms with Gasteiger partial charge in [-0.1, -0.05) is 36.4 Å². The van der Waals surface area contributed by atoms with E-state index < -0.39 is 0 Å². The SMILES string of the molecule is CO/C([O-])=c1\cccc\c1=C1/C=CC(CN(C)C)=C1.[Fe+2].c1cc[cH-]c1. The van der Waals surface area contributed by atoms with Crippen LogP contribution in [0.15, 0.2) is 78.4 Å². The molecule has 0 heterocycles. The Morgan fingerprint density at radius 2 is 1.76 bits per heavy atom. The van der Waals surface area contributed by atoms with Gasteiger partial charge in [-0.25, -0.2) is 12.1 Å². The molecule has 0 amide bonds. The van der Waals surface area contributed by atoms with E-state index in [2.05, 4.69) is 17.1 Å². The molecule has 0 bridgehead atoms. The van der Waals surface area contributed by atoms with Gasteiger partial charge in [0.2, 0.25) is 0 Å². The Morgan fingerprint density at radius 3 is 2.32 bits per heavy atom. The molecule has 132 valence electrons. The Bertz CT molecular complexity index is 801. The smallest absolute Gasteiger partial charge is 0.616 e. The molecule has 0 spiro atoms. The average Bonchev–Trinajstić information content (AvgIpc) is 3.28. The minimum absolute atomic E-state index is 0. The number of methoxy groups -OCH3 is 1. The molecular weight excluding hydrogens is 354 g/mol. The van der Waals surface area contributed by atoms with Crippen molar-refractivity contribution >= 4 is 11.5 Å². The monoisotopic (exact) mass is 377 g/mol. The van der Waals surface area contributed by atoms with Gasteiger partial charge in [0.25, 0.3) is 0 Å². The fourth-order valence-electron chi connectivity index (χ4n) is 2.47. The van der Waals surface area contributed by atoms with Crippen molar-refractivity contribution in [2.75, 3.05) is 27.7 Å². The summed E-state index contributed by atoms with van der Waals surface area (Å²) in [5.74, 6) is -0.300. The molecule has 0 saturated heterocycles. The molecule has 25 heavy (non-hydrogen) atoms. The first-order valence-corrected chi connectivity index (χ1v) is 7.86. The molecule has 0 saturated carbocycles. The van der Waals surface area contributed by atoms with Crippen molar-refractivity contribution in [1.82, 2.24) is 4.90 Å². The van der Waals surface area contributed by atoms with E-state index in [-0.39, 0.29) is 23.0 Å². The summed E-state index contributed by atoms with van der Waals surface area (Å²) >= 11 is 0. The molecular formula is C21H23FeNO2. The number of nitrogens with zero attached hydrogens (tertiary/aromatic N) is 1. The van der Waals surface area contributed by atoms with Crippen molar-refractivity contribution in [3.63, 3.8) is 0 Å². The van der Waals surface area contributed by atoms with Crippen molar-refractivity contribution in [3.05, 3.63) is 88.8 Å². The number of ether oxygens (including phenoxy) is 1.